The van der Waals surface area contributed by atoms with Crippen LogP contribution in [0.2, 0.25) is 0 Å². The average Bonchev–Trinajstić information content (AvgIpc) is 4.10. The lowest BCUT2D eigenvalue weighted by molar-refractivity contribution is -0.152. The Hall–Kier alpha value is -4.40. The van der Waals surface area contributed by atoms with Crippen molar-refractivity contribution in [2.75, 3.05) is 0 Å². The second-order valence-corrected chi connectivity index (χ2v) is 15.7. The quantitative estimate of drug-likeness (QED) is 0.0376. The van der Waals surface area contributed by atoms with Crippen LogP contribution < -0.4 is 0 Å². The molecule has 0 spiro atoms. The lowest BCUT2D eigenvalue weighted by Crippen LogP contribution is -2.17. The standard InChI is InChI=1S/C22H36O5.C14H22O4.C8H16O2.C6H8O3.CH4/c1-5-9-11-17(7-3)21(23)25-15-19-13-14-20(27-19)16-26-22(24)18(8-4)12-10-6-2;1-3-5-6-11(4-2)14(16)17-10-13-8-7-12(9-15)18-13;1-3-5-6-7(4-2)8(9)10;7-3-5-1-2-6(4-8)9-5;/h13-14,17-18H,5-12,15-16H2,1-4H3;7-8,11,15H,3-6,9-10H2,1-2H3;7H,3-6H2,1-2H3,(H,9,10);1-2,7-8H,3-4H2;1H4. The molecular formula is C51H86O14. The fourth-order valence-electron chi connectivity index (χ4n) is 6.31. The van der Waals surface area contributed by atoms with Crippen molar-refractivity contribution in [2.24, 2.45) is 23.7 Å². The summed E-state index contributed by atoms with van der Waals surface area (Å²) in [7, 11) is 0. The minimum Gasteiger partial charge on any atom is -0.481 e. The van der Waals surface area contributed by atoms with Crippen LogP contribution in [0.5, 0.6) is 0 Å². The molecule has 4 atom stereocenters. The highest BCUT2D eigenvalue weighted by atomic mass is 16.6. The first-order chi connectivity index (χ1) is 30.8. The Morgan fingerprint density at radius 2 is 0.662 bits per heavy atom. The predicted molar refractivity (Wildman–Crippen MR) is 251 cm³/mol. The van der Waals surface area contributed by atoms with Crippen molar-refractivity contribution in [3.8, 4) is 0 Å². The number of unbranched alkanes of at least 4 members (excludes halogenated alkanes) is 4. The summed E-state index contributed by atoms with van der Waals surface area (Å²) in [5, 5.41) is 34.4. The lowest BCUT2D eigenvalue weighted by atomic mass is 10.00. The number of carboxylic acid groups (broad SMARTS) is 1. The van der Waals surface area contributed by atoms with Gasteiger partial charge in [0.2, 0.25) is 0 Å². The summed E-state index contributed by atoms with van der Waals surface area (Å²) in [5.41, 5.74) is 0. The van der Waals surface area contributed by atoms with Crippen molar-refractivity contribution in [1.29, 1.82) is 0 Å². The summed E-state index contributed by atoms with van der Waals surface area (Å²) in [5.74, 6) is 1.80. The SMILES string of the molecule is C.CCCCC(CC)C(=O)O.CCCCC(CC)C(=O)OCc1ccc(CO)o1.CCCCC(CC)C(=O)OCc1ccc(COC(=O)C(CC)CCCC)o1.OCc1ccc(CO)o1. The number of carboxylic acids is 1. The van der Waals surface area contributed by atoms with Gasteiger partial charge in [-0.3, -0.25) is 19.2 Å². The van der Waals surface area contributed by atoms with Crippen LogP contribution >= 0.6 is 0 Å². The van der Waals surface area contributed by atoms with Gasteiger partial charge in [-0.25, -0.2) is 0 Å². The monoisotopic (exact) mass is 923 g/mol. The average molecular weight is 923 g/mol. The van der Waals surface area contributed by atoms with E-state index in [4.69, 9.17) is 47.9 Å². The zero-order chi connectivity index (χ0) is 48.1. The molecule has 0 radical (unpaired) electrons. The first-order valence-electron chi connectivity index (χ1n) is 23.6. The number of hydrogen-bond acceptors (Lipinski definition) is 13. The van der Waals surface area contributed by atoms with Gasteiger partial charge in [0.1, 0.15) is 74.2 Å². The number of furan rings is 3. The third-order valence-electron chi connectivity index (χ3n) is 10.6. The van der Waals surface area contributed by atoms with Crippen LogP contribution in [0.15, 0.2) is 49.6 Å². The van der Waals surface area contributed by atoms with Crippen LogP contribution in [0.1, 0.15) is 200 Å². The molecule has 3 aromatic rings. The van der Waals surface area contributed by atoms with E-state index in [-0.39, 0.29) is 88.6 Å². The number of aliphatic hydroxyl groups is 3. The molecule has 0 aliphatic rings. The molecule has 374 valence electrons. The summed E-state index contributed by atoms with van der Waals surface area (Å²) >= 11 is 0. The van der Waals surface area contributed by atoms with E-state index >= 15 is 0 Å². The number of carbonyl (C=O) groups is 4. The van der Waals surface area contributed by atoms with Gasteiger partial charge in [-0.05, 0) is 87.8 Å². The van der Waals surface area contributed by atoms with Crippen LogP contribution in [-0.2, 0) is 73.0 Å². The van der Waals surface area contributed by atoms with E-state index in [0.717, 1.165) is 103 Å². The molecule has 0 fully saturated rings. The van der Waals surface area contributed by atoms with Gasteiger partial charge in [0.15, 0.2) is 0 Å². The summed E-state index contributed by atoms with van der Waals surface area (Å²) < 4.78 is 31.7. The second-order valence-electron chi connectivity index (χ2n) is 15.7. The molecule has 0 saturated heterocycles. The van der Waals surface area contributed by atoms with E-state index in [1.165, 1.54) is 0 Å². The van der Waals surface area contributed by atoms with Crippen LogP contribution in [0.25, 0.3) is 0 Å². The first kappa shape index (κ1) is 62.7. The van der Waals surface area contributed by atoms with Gasteiger partial charge in [0.25, 0.3) is 0 Å². The molecule has 0 amide bonds. The van der Waals surface area contributed by atoms with Crippen molar-refractivity contribution in [2.45, 2.75) is 205 Å². The normalized spacial score (nSPS) is 12.3. The minimum atomic E-state index is -0.643. The minimum absolute atomic E-state index is 0. The van der Waals surface area contributed by atoms with Gasteiger partial charge in [0.05, 0.1) is 23.7 Å². The smallest absolute Gasteiger partial charge is 0.309 e. The predicted octanol–water partition coefficient (Wildman–Crippen LogP) is 12.0. The number of aliphatic hydroxyl groups excluding tert-OH is 3. The number of carbonyl (C=O) groups excluding carboxylic acids is 3. The molecule has 4 N–H and O–H groups in total. The number of esters is 3. The van der Waals surface area contributed by atoms with E-state index in [1.54, 1.807) is 36.4 Å². The highest BCUT2D eigenvalue weighted by molar-refractivity contribution is 5.73. The largest absolute Gasteiger partial charge is 0.481 e. The Labute approximate surface area is 389 Å². The third-order valence-corrected chi connectivity index (χ3v) is 10.6. The van der Waals surface area contributed by atoms with Crippen molar-refractivity contribution in [3.05, 3.63) is 71.0 Å². The number of hydrogen-bond donors (Lipinski definition) is 4. The first-order valence-corrected chi connectivity index (χ1v) is 23.6. The molecule has 65 heavy (non-hydrogen) atoms. The summed E-state index contributed by atoms with van der Waals surface area (Å²) in [6.07, 6.45) is 15.0. The van der Waals surface area contributed by atoms with E-state index in [2.05, 4.69) is 27.7 Å². The van der Waals surface area contributed by atoms with Gasteiger partial charge in [-0.15, -0.1) is 0 Å². The Morgan fingerprint density at radius 1 is 0.431 bits per heavy atom. The van der Waals surface area contributed by atoms with Gasteiger partial charge < -0.3 is 47.9 Å². The van der Waals surface area contributed by atoms with Crippen LogP contribution in [-0.4, -0.2) is 44.3 Å². The van der Waals surface area contributed by atoms with E-state index in [0.29, 0.717) is 34.6 Å². The molecule has 14 nitrogen and oxygen atoms in total. The maximum absolute atomic E-state index is 12.1. The van der Waals surface area contributed by atoms with Crippen LogP contribution in [0.4, 0.5) is 0 Å². The molecule has 4 unspecified atom stereocenters. The number of aliphatic carboxylic acids is 1. The summed E-state index contributed by atoms with van der Waals surface area (Å²) in [6, 6.07) is 10.2. The topological polar surface area (TPSA) is 216 Å². The zero-order valence-corrected chi connectivity index (χ0v) is 40.2. The van der Waals surface area contributed by atoms with Crippen LogP contribution in [0.3, 0.4) is 0 Å². The molecule has 3 rings (SSSR count). The van der Waals surface area contributed by atoms with E-state index in [9.17, 15) is 19.2 Å². The Balaban J connectivity index is 0. The number of ether oxygens (including phenoxy) is 3. The van der Waals surface area contributed by atoms with Crippen molar-refractivity contribution >= 4 is 23.9 Å². The van der Waals surface area contributed by atoms with Gasteiger partial charge >= 0.3 is 23.9 Å². The van der Waals surface area contributed by atoms with Gasteiger partial charge in [-0.1, -0.05) is 114 Å². The molecule has 14 heteroatoms. The second kappa shape index (κ2) is 39.9. The molecular weight excluding hydrogens is 837 g/mol. The van der Waals surface area contributed by atoms with Crippen molar-refractivity contribution in [3.63, 3.8) is 0 Å². The van der Waals surface area contributed by atoms with Crippen LogP contribution in [0, 0.1) is 23.7 Å². The summed E-state index contributed by atoms with van der Waals surface area (Å²) in [4.78, 5) is 46.5. The highest BCUT2D eigenvalue weighted by Crippen LogP contribution is 2.20. The highest BCUT2D eigenvalue weighted by Gasteiger charge is 2.21. The van der Waals surface area contributed by atoms with Gasteiger partial charge in [-0.2, -0.15) is 0 Å². The maximum Gasteiger partial charge on any atom is 0.309 e. The van der Waals surface area contributed by atoms with Crippen molar-refractivity contribution < 1.29 is 67.1 Å². The third kappa shape index (κ3) is 28.3. The molecule has 0 aliphatic carbocycles. The number of rotatable bonds is 29. The lowest BCUT2D eigenvalue weighted by Gasteiger charge is -2.13. The van der Waals surface area contributed by atoms with Crippen molar-refractivity contribution in [1.82, 2.24) is 0 Å². The molecule has 0 aromatic carbocycles. The Morgan fingerprint density at radius 3 is 0.877 bits per heavy atom. The summed E-state index contributed by atoms with van der Waals surface area (Å²) in [6.45, 7) is 16.4. The molecule has 3 heterocycles. The molecule has 0 saturated carbocycles. The maximum atomic E-state index is 12.1. The zero-order valence-electron chi connectivity index (χ0n) is 40.2. The molecule has 3 aromatic heterocycles. The van der Waals surface area contributed by atoms with Gasteiger partial charge in [0, 0.05) is 0 Å². The molecule has 0 bridgehead atoms. The Kier molecular flexibility index (Phi) is 38.5. The fraction of sp³-hybridized carbons (Fsp3) is 0.686. The van der Waals surface area contributed by atoms with E-state index < -0.39 is 5.97 Å². The fourth-order valence-corrected chi connectivity index (χ4v) is 6.31. The van der Waals surface area contributed by atoms with E-state index in [1.807, 2.05) is 27.7 Å². The Bertz CT molecular complexity index is 1560. The molecule has 0 aliphatic heterocycles.